The zero-order valence-corrected chi connectivity index (χ0v) is 12.7. The smallest absolute Gasteiger partial charge is 0.406 e. The molecular weight excluding hydrogens is 327 g/mol. The van der Waals surface area contributed by atoms with E-state index in [4.69, 9.17) is 9.84 Å². The van der Waals surface area contributed by atoms with Gasteiger partial charge in [-0.1, -0.05) is 24.3 Å². The first kappa shape index (κ1) is 16.8. The second-order valence-corrected chi connectivity index (χ2v) is 6.09. The van der Waals surface area contributed by atoms with Crippen molar-refractivity contribution in [2.45, 2.75) is 25.1 Å². The van der Waals surface area contributed by atoms with Crippen molar-refractivity contribution in [1.29, 1.82) is 0 Å². The molecule has 5 nitrogen and oxygen atoms in total. The number of aliphatic carboxylic acids is 1. The molecule has 130 valence electrons. The van der Waals surface area contributed by atoms with Crippen LogP contribution >= 0.6 is 0 Å². The molecule has 24 heavy (non-hydrogen) atoms. The fourth-order valence-corrected chi connectivity index (χ4v) is 3.29. The first-order valence-electron chi connectivity index (χ1n) is 7.54. The molecule has 0 saturated carbocycles. The van der Waals surface area contributed by atoms with Crippen LogP contribution in [-0.2, 0) is 20.7 Å². The Morgan fingerprint density at radius 2 is 2.00 bits per heavy atom. The molecule has 1 amide bonds. The maximum Gasteiger partial charge on any atom is 0.406 e. The van der Waals surface area contributed by atoms with E-state index in [1.807, 2.05) is 12.1 Å². The number of carboxylic acid groups (broad SMARTS) is 1. The molecular formula is C16H16F3NO4. The Bertz CT molecular complexity index is 676. The summed E-state index contributed by atoms with van der Waals surface area (Å²) in [6, 6.07) is 7.11. The Hall–Kier alpha value is -2.09. The molecule has 1 saturated heterocycles. The summed E-state index contributed by atoms with van der Waals surface area (Å²) in [5.74, 6) is -2.57. The van der Waals surface area contributed by atoms with Crippen LogP contribution in [0.2, 0.25) is 0 Å². The highest BCUT2D eigenvalue weighted by molar-refractivity contribution is 5.85. The van der Waals surface area contributed by atoms with Gasteiger partial charge in [-0.15, -0.1) is 0 Å². The van der Waals surface area contributed by atoms with E-state index >= 15 is 0 Å². The molecule has 2 aliphatic heterocycles. The van der Waals surface area contributed by atoms with Crippen LogP contribution in [0.1, 0.15) is 23.7 Å². The van der Waals surface area contributed by atoms with Crippen LogP contribution in [-0.4, -0.2) is 47.8 Å². The van der Waals surface area contributed by atoms with Crippen LogP contribution in [0.4, 0.5) is 13.2 Å². The molecule has 2 aliphatic rings. The Morgan fingerprint density at radius 3 is 2.62 bits per heavy atom. The number of ether oxygens (including phenoxy) is 1. The third kappa shape index (κ3) is 2.54. The van der Waals surface area contributed by atoms with Crippen molar-refractivity contribution in [2.75, 3.05) is 19.7 Å². The van der Waals surface area contributed by atoms with Crippen LogP contribution in [0.5, 0.6) is 0 Å². The number of carbonyl (C=O) groups is 2. The molecule has 3 rings (SSSR count). The van der Waals surface area contributed by atoms with Crippen LogP contribution < -0.4 is 0 Å². The predicted octanol–water partition coefficient (Wildman–Crippen LogP) is 2.17. The van der Waals surface area contributed by atoms with Gasteiger partial charge < -0.3 is 14.7 Å². The molecule has 2 atom stereocenters. The molecule has 2 heterocycles. The minimum Gasteiger partial charge on any atom is -0.481 e. The monoisotopic (exact) mass is 343 g/mol. The average molecular weight is 343 g/mol. The van der Waals surface area contributed by atoms with E-state index in [0.717, 1.165) is 10.5 Å². The van der Waals surface area contributed by atoms with E-state index in [2.05, 4.69) is 0 Å². The molecule has 2 unspecified atom stereocenters. The minimum atomic E-state index is -4.92. The molecule has 1 aromatic carbocycles. The van der Waals surface area contributed by atoms with Gasteiger partial charge in [-0.05, 0) is 24.0 Å². The number of halogens is 3. The lowest BCUT2D eigenvalue weighted by atomic mass is 9.86. The first-order chi connectivity index (χ1) is 11.3. The largest absolute Gasteiger partial charge is 0.481 e. The lowest BCUT2D eigenvalue weighted by Gasteiger charge is -2.30. The number of amides is 1. The Labute approximate surface area is 136 Å². The molecule has 1 N–H and O–H groups in total. The van der Waals surface area contributed by atoms with Crippen LogP contribution in [0.15, 0.2) is 24.3 Å². The van der Waals surface area contributed by atoms with Gasteiger partial charge in [0, 0.05) is 13.1 Å². The molecule has 0 aliphatic carbocycles. The highest BCUT2D eigenvalue weighted by atomic mass is 19.4. The number of benzene rings is 1. The topological polar surface area (TPSA) is 66.8 Å². The number of alkyl halides is 3. The Morgan fingerprint density at radius 1 is 1.29 bits per heavy atom. The Balaban J connectivity index is 1.85. The summed E-state index contributed by atoms with van der Waals surface area (Å²) in [6.07, 6.45) is -5.92. The van der Waals surface area contributed by atoms with Crippen molar-refractivity contribution in [3.8, 4) is 0 Å². The number of carboxylic acids is 1. The predicted molar refractivity (Wildman–Crippen MR) is 76.2 cm³/mol. The van der Waals surface area contributed by atoms with Crippen molar-refractivity contribution in [3.63, 3.8) is 0 Å². The van der Waals surface area contributed by atoms with Gasteiger partial charge in [0.25, 0.3) is 5.91 Å². The van der Waals surface area contributed by atoms with E-state index in [1.54, 1.807) is 12.1 Å². The van der Waals surface area contributed by atoms with Crippen LogP contribution in [0, 0.1) is 5.41 Å². The van der Waals surface area contributed by atoms with E-state index in [9.17, 15) is 22.8 Å². The Kier molecular flexibility index (Phi) is 4.03. The fraction of sp³-hybridized carbons (Fsp3) is 0.500. The van der Waals surface area contributed by atoms with E-state index in [1.165, 1.54) is 0 Å². The third-order valence-electron chi connectivity index (χ3n) is 4.75. The number of nitrogens with zero attached hydrogens (tertiary/aromatic N) is 1. The fourth-order valence-electron chi connectivity index (χ4n) is 3.29. The van der Waals surface area contributed by atoms with Gasteiger partial charge in [0.15, 0.2) is 11.5 Å². The lowest BCUT2D eigenvalue weighted by molar-refractivity contribution is -0.227. The standard InChI is InChI=1S/C16H16F3NO4/c17-16(18,19)15(14(22)23)6-7-20(9-15)13(21)12-11-4-2-1-3-10(11)5-8-24-12/h1-4,12H,5-9H2,(H,22,23). The van der Waals surface area contributed by atoms with Gasteiger partial charge in [0.2, 0.25) is 0 Å². The molecule has 0 radical (unpaired) electrons. The number of hydrogen-bond donors (Lipinski definition) is 1. The zero-order valence-electron chi connectivity index (χ0n) is 12.7. The molecule has 1 fully saturated rings. The normalized spacial score (nSPS) is 27.0. The molecule has 0 bridgehead atoms. The number of fused-ring (bicyclic) bond motifs is 1. The summed E-state index contributed by atoms with van der Waals surface area (Å²) in [7, 11) is 0. The molecule has 8 heteroatoms. The van der Waals surface area contributed by atoms with Gasteiger partial charge in [-0.2, -0.15) is 13.2 Å². The second-order valence-electron chi connectivity index (χ2n) is 6.09. The number of hydrogen-bond acceptors (Lipinski definition) is 3. The summed E-state index contributed by atoms with van der Waals surface area (Å²) in [5, 5.41) is 9.08. The van der Waals surface area contributed by atoms with Crippen LogP contribution in [0.25, 0.3) is 0 Å². The number of carbonyl (C=O) groups excluding carboxylic acids is 1. The van der Waals surface area contributed by atoms with E-state index in [0.29, 0.717) is 18.6 Å². The second kappa shape index (κ2) is 5.77. The van der Waals surface area contributed by atoms with Gasteiger partial charge in [0.05, 0.1) is 6.61 Å². The van der Waals surface area contributed by atoms with Crippen molar-refractivity contribution in [3.05, 3.63) is 35.4 Å². The highest BCUT2D eigenvalue weighted by Crippen LogP contribution is 2.46. The van der Waals surface area contributed by atoms with Crippen LogP contribution in [0.3, 0.4) is 0 Å². The minimum absolute atomic E-state index is 0.257. The highest BCUT2D eigenvalue weighted by Gasteiger charge is 2.64. The summed E-state index contributed by atoms with van der Waals surface area (Å²) in [4.78, 5) is 24.8. The summed E-state index contributed by atoms with van der Waals surface area (Å²) in [5.41, 5.74) is -1.35. The third-order valence-corrected chi connectivity index (χ3v) is 4.75. The van der Waals surface area contributed by atoms with Crippen molar-refractivity contribution in [1.82, 2.24) is 4.90 Å². The van der Waals surface area contributed by atoms with E-state index < -0.39 is 42.5 Å². The van der Waals surface area contributed by atoms with Gasteiger partial charge in [-0.3, -0.25) is 9.59 Å². The average Bonchev–Trinajstić information content (AvgIpc) is 3.00. The number of rotatable bonds is 2. The van der Waals surface area contributed by atoms with Gasteiger partial charge >= 0.3 is 12.1 Å². The number of likely N-dealkylation sites (tertiary alicyclic amines) is 1. The van der Waals surface area contributed by atoms with Crippen molar-refractivity contribution < 1.29 is 32.6 Å². The van der Waals surface area contributed by atoms with Crippen molar-refractivity contribution in [2.24, 2.45) is 5.41 Å². The zero-order chi connectivity index (χ0) is 17.5. The van der Waals surface area contributed by atoms with E-state index in [-0.39, 0.29) is 6.54 Å². The summed E-state index contributed by atoms with van der Waals surface area (Å²) < 4.78 is 45.2. The SMILES string of the molecule is O=C(C1OCCc2ccccc21)N1CCC(C(=O)O)(C(F)(F)F)C1. The van der Waals surface area contributed by atoms with Gasteiger partial charge in [-0.25, -0.2) is 0 Å². The maximum atomic E-state index is 13.2. The molecule has 0 aromatic heterocycles. The maximum absolute atomic E-state index is 13.2. The first-order valence-corrected chi connectivity index (χ1v) is 7.54. The molecule has 1 aromatic rings. The lowest BCUT2D eigenvalue weighted by Crippen LogP contribution is -2.48. The summed E-state index contributed by atoms with van der Waals surface area (Å²) in [6.45, 7) is -0.843. The van der Waals surface area contributed by atoms with Crippen molar-refractivity contribution >= 4 is 11.9 Å². The quantitative estimate of drug-likeness (QED) is 0.894. The molecule has 0 spiro atoms. The van der Waals surface area contributed by atoms with Gasteiger partial charge in [0.1, 0.15) is 0 Å². The summed E-state index contributed by atoms with van der Waals surface area (Å²) >= 11 is 0.